The Hall–Kier alpha value is -1.55. The molecule has 3 nitrogen and oxygen atoms in total. The van der Waals surface area contributed by atoms with Crippen molar-refractivity contribution >= 4 is 28.2 Å². The number of thiocarbonyl (C=S) groups is 1. The highest BCUT2D eigenvalue weighted by molar-refractivity contribution is 7.80. The van der Waals surface area contributed by atoms with Crippen molar-refractivity contribution in [2.45, 2.75) is 13.3 Å². The Morgan fingerprint density at radius 1 is 1.44 bits per heavy atom. The van der Waals surface area contributed by atoms with Crippen LogP contribution in [-0.2, 0) is 0 Å². The van der Waals surface area contributed by atoms with Crippen LogP contribution in [0.2, 0.25) is 0 Å². The molecular weight excluding hydrogens is 222 g/mol. The van der Waals surface area contributed by atoms with Crippen molar-refractivity contribution in [2.75, 3.05) is 6.61 Å². The van der Waals surface area contributed by atoms with Crippen LogP contribution in [0.4, 0.5) is 0 Å². The zero-order valence-electron chi connectivity index (χ0n) is 9.03. The molecule has 4 heteroatoms. The Labute approximate surface area is 99.2 Å². The minimum Gasteiger partial charge on any atom is -0.489 e. The first kappa shape index (κ1) is 11.0. The van der Waals surface area contributed by atoms with Gasteiger partial charge in [-0.3, -0.25) is 0 Å². The van der Waals surface area contributed by atoms with E-state index in [9.17, 15) is 0 Å². The second-order valence-electron chi connectivity index (χ2n) is 3.47. The molecule has 16 heavy (non-hydrogen) atoms. The summed E-state index contributed by atoms with van der Waals surface area (Å²) in [6.45, 7) is 2.67. The molecule has 0 spiro atoms. The van der Waals surface area contributed by atoms with E-state index in [0.717, 1.165) is 17.4 Å². The summed E-state index contributed by atoms with van der Waals surface area (Å²) >= 11 is 4.94. The van der Waals surface area contributed by atoms with Crippen LogP contribution in [0.1, 0.15) is 19.1 Å². The molecule has 0 aliphatic heterocycles. The standard InChI is InChI=1S/C12H13NO2S/c1-2-7-14-10-8-5-3-4-6-9(8)15-11(10)12(13)16/h3-6H,2,7H2,1H3,(H2,13,16). The maximum absolute atomic E-state index is 5.64. The number of hydrogen-bond donors (Lipinski definition) is 1. The summed E-state index contributed by atoms with van der Waals surface area (Å²) in [6, 6.07) is 7.64. The van der Waals surface area contributed by atoms with Crippen molar-refractivity contribution in [3.63, 3.8) is 0 Å². The number of furan rings is 1. The Bertz CT molecular complexity index is 519. The first-order valence-electron chi connectivity index (χ1n) is 5.18. The average Bonchev–Trinajstić information content (AvgIpc) is 2.65. The van der Waals surface area contributed by atoms with Gasteiger partial charge in [0.25, 0.3) is 0 Å². The minimum absolute atomic E-state index is 0.224. The maximum Gasteiger partial charge on any atom is 0.204 e. The van der Waals surface area contributed by atoms with Crippen LogP contribution in [0.3, 0.4) is 0 Å². The molecule has 1 aromatic heterocycles. The van der Waals surface area contributed by atoms with Gasteiger partial charge in [0.1, 0.15) is 10.6 Å². The molecule has 0 atom stereocenters. The number of fused-ring (bicyclic) bond motifs is 1. The van der Waals surface area contributed by atoms with Crippen LogP contribution in [0.5, 0.6) is 5.75 Å². The molecule has 0 radical (unpaired) electrons. The van der Waals surface area contributed by atoms with Gasteiger partial charge in [-0.05, 0) is 18.6 Å². The lowest BCUT2D eigenvalue weighted by Crippen LogP contribution is -2.10. The third-order valence-electron chi connectivity index (χ3n) is 2.22. The number of ether oxygens (including phenoxy) is 1. The van der Waals surface area contributed by atoms with Gasteiger partial charge in [0.05, 0.1) is 12.0 Å². The normalized spacial score (nSPS) is 10.6. The lowest BCUT2D eigenvalue weighted by Gasteiger charge is -2.03. The van der Waals surface area contributed by atoms with Crippen molar-refractivity contribution < 1.29 is 9.15 Å². The molecule has 2 N–H and O–H groups in total. The van der Waals surface area contributed by atoms with Gasteiger partial charge in [-0.25, -0.2) is 0 Å². The van der Waals surface area contributed by atoms with Gasteiger partial charge in [0.15, 0.2) is 5.75 Å². The third kappa shape index (κ3) is 1.88. The molecule has 0 fully saturated rings. The predicted molar refractivity (Wildman–Crippen MR) is 67.9 cm³/mol. The molecule has 0 saturated carbocycles. The van der Waals surface area contributed by atoms with E-state index in [0.29, 0.717) is 18.1 Å². The van der Waals surface area contributed by atoms with E-state index in [4.69, 9.17) is 27.1 Å². The first-order chi connectivity index (χ1) is 7.74. The monoisotopic (exact) mass is 235 g/mol. The van der Waals surface area contributed by atoms with E-state index in [1.807, 2.05) is 31.2 Å². The molecule has 0 unspecified atom stereocenters. The summed E-state index contributed by atoms with van der Waals surface area (Å²) in [5, 5.41) is 0.916. The number of rotatable bonds is 4. The topological polar surface area (TPSA) is 48.4 Å². The van der Waals surface area contributed by atoms with Gasteiger partial charge >= 0.3 is 0 Å². The fourth-order valence-electron chi connectivity index (χ4n) is 1.53. The Balaban J connectivity index is 2.55. The number of nitrogens with two attached hydrogens (primary N) is 1. The van der Waals surface area contributed by atoms with Crippen molar-refractivity contribution in [3.05, 3.63) is 30.0 Å². The molecule has 84 valence electrons. The second-order valence-corrected chi connectivity index (χ2v) is 3.91. The van der Waals surface area contributed by atoms with E-state index in [-0.39, 0.29) is 4.99 Å². The van der Waals surface area contributed by atoms with E-state index < -0.39 is 0 Å². The third-order valence-corrected chi connectivity index (χ3v) is 2.41. The molecule has 0 aliphatic carbocycles. The lowest BCUT2D eigenvalue weighted by molar-refractivity contribution is 0.315. The number of benzene rings is 1. The number of para-hydroxylation sites is 1. The molecule has 0 saturated heterocycles. The van der Waals surface area contributed by atoms with Crippen molar-refractivity contribution in [1.82, 2.24) is 0 Å². The maximum atomic E-state index is 5.64. The lowest BCUT2D eigenvalue weighted by atomic mass is 10.2. The highest BCUT2D eigenvalue weighted by atomic mass is 32.1. The minimum atomic E-state index is 0.224. The highest BCUT2D eigenvalue weighted by Gasteiger charge is 2.16. The van der Waals surface area contributed by atoms with Crippen LogP contribution in [0.25, 0.3) is 11.0 Å². The second kappa shape index (κ2) is 4.53. The summed E-state index contributed by atoms with van der Waals surface area (Å²) in [7, 11) is 0. The molecule has 0 aliphatic rings. The van der Waals surface area contributed by atoms with Gasteiger partial charge < -0.3 is 14.9 Å². The van der Waals surface area contributed by atoms with Gasteiger partial charge in [0, 0.05) is 0 Å². The Kier molecular flexibility index (Phi) is 3.10. The van der Waals surface area contributed by atoms with Crippen LogP contribution >= 0.6 is 12.2 Å². The average molecular weight is 235 g/mol. The van der Waals surface area contributed by atoms with E-state index in [1.165, 1.54) is 0 Å². The van der Waals surface area contributed by atoms with Gasteiger partial charge in [-0.15, -0.1) is 0 Å². The van der Waals surface area contributed by atoms with Crippen molar-refractivity contribution in [1.29, 1.82) is 0 Å². The van der Waals surface area contributed by atoms with Gasteiger partial charge in [-0.1, -0.05) is 31.3 Å². The molecule has 0 amide bonds. The van der Waals surface area contributed by atoms with Crippen LogP contribution in [-0.4, -0.2) is 11.6 Å². The summed E-state index contributed by atoms with van der Waals surface area (Å²) in [5.41, 5.74) is 6.35. The summed E-state index contributed by atoms with van der Waals surface area (Å²) in [6.07, 6.45) is 0.927. The summed E-state index contributed by atoms with van der Waals surface area (Å²) in [5.74, 6) is 1.12. The zero-order chi connectivity index (χ0) is 11.5. The molecular formula is C12H13NO2S. The quantitative estimate of drug-likeness (QED) is 0.828. The van der Waals surface area contributed by atoms with Crippen molar-refractivity contribution in [3.8, 4) is 5.75 Å². The summed E-state index contributed by atoms with van der Waals surface area (Å²) in [4.78, 5) is 0.224. The fourth-order valence-corrected chi connectivity index (χ4v) is 1.67. The van der Waals surface area contributed by atoms with Gasteiger partial charge in [0.2, 0.25) is 5.76 Å². The Morgan fingerprint density at radius 2 is 2.19 bits per heavy atom. The van der Waals surface area contributed by atoms with E-state index in [1.54, 1.807) is 0 Å². The molecule has 2 aromatic rings. The van der Waals surface area contributed by atoms with Crippen molar-refractivity contribution in [2.24, 2.45) is 5.73 Å². The molecule has 2 rings (SSSR count). The predicted octanol–water partition coefficient (Wildman–Crippen LogP) is 2.86. The molecule has 1 heterocycles. The fraction of sp³-hybridized carbons (Fsp3) is 0.250. The molecule has 0 bridgehead atoms. The van der Waals surface area contributed by atoms with E-state index in [2.05, 4.69) is 0 Å². The summed E-state index contributed by atoms with van der Waals surface area (Å²) < 4.78 is 11.2. The molecule has 1 aromatic carbocycles. The number of hydrogen-bond acceptors (Lipinski definition) is 3. The van der Waals surface area contributed by atoms with Crippen LogP contribution < -0.4 is 10.5 Å². The van der Waals surface area contributed by atoms with Crippen LogP contribution in [0, 0.1) is 0 Å². The highest BCUT2D eigenvalue weighted by Crippen LogP contribution is 2.32. The smallest absolute Gasteiger partial charge is 0.204 e. The zero-order valence-corrected chi connectivity index (χ0v) is 9.84. The Morgan fingerprint density at radius 3 is 2.88 bits per heavy atom. The SMILES string of the molecule is CCCOc1c(C(N)=S)oc2ccccc12. The van der Waals surface area contributed by atoms with E-state index >= 15 is 0 Å². The van der Waals surface area contributed by atoms with Gasteiger partial charge in [-0.2, -0.15) is 0 Å². The largest absolute Gasteiger partial charge is 0.489 e. The van der Waals surface area contributed by atoms with Crippen LogP contribution in [0.15, 0.2) is 28.7 Å². The first-order valence-corrected chi connectivity index (χ1v) is 5.59.